The molecule has 23 heavy (non-hydrogen) atoms. The number of hydroxylamine groups is 1. The van der Waals surface area contributed by atoms with E-state index in [1.165, 1.54) is 17.7 Å². The maximum absolute atomic E-state index is 12.2. The number of halogens is 1. The molecule has 0 saturated heterocycles. The highest BCUT2D eigenvalue weighted by Gasteiger charge is 2.18. The van der Waals surface area contributed by atoms with Crippen LogP contribution in [0.15, 0.2) is 29.1 Å². The molecule has 0 bridgehead atoms. The number of carbonyl (C=O) groups is 1. The van der Waals surface area contributed by atoms with Gasteiger partial charge in [-0.25, -0.2) is 5.48 Å². The number of anilines is 2. The van der Waals surface area contributed by atoms with Crippen LogP contribution in [0.25, 0.3) is 0 Å². The van der Waals surface area contributed by atoms with Gasteiger partial charge in [-0.15, -0.1) is 0 Å². The largest absolute Gasteiger partial charge is 0.340 e. The number of rotatable bonds is 4. The fourth-order valence-electron chi connectivity index (χ4n) is 2.21. The molecule has 0 fully saturated rings. The quantitative estimate of drug-likeness (QED) is 0.843. The number of benzene rings is 1. The minimum atomic E-state index is -0.461. The van der Waals surface area contributed by atoms with Crippen molar-refractivity contribution in [1.82, 2.24) is 10.0 Å². The van der Waals surface area contributed by atoms with Gasteiger partial charge >= 0.3 is 0 Å². The van der Waals surface area contributed by atoms with Crippen LogP contribution in [0.1, 0.15) is 21.5 Å². The molecule has 0 spiro atoms. The molecular weight excluding hydrogens is 318 g/mol. The molecule has 6 nitrogen and oxygen atoms in total. The Morgan fingerprint density at radius 1 is 1.26 bits per heavy atom. The number of hydrogen-bond acceptors (Lipinski definition) is 4. The Labute approximate surface area is 139 Å². The van der Waals surface area contributed by atoms with Crippen molar-refractivity contribution in [2.75, 3.05) is 12.4 Å². The van der Waals surface area contributed by atoms with Gasteiger partial charge in [0, 0.05) is 12.6 Å². The lowest BCUT2D eigenvalue weighted by Crippen LogP contribution is -2.29. The highest BCUT2D eigenvalue weighted by Crippen LogP contribution is 2.27. The third-order valence-electron chi connectivity index (χ3n) is 3.41. The molecule has 2 aromatic rings. The van der Waals surface area contributed by atoms with Crippen molar-refractivity contribution < 1.29 is 9.63 Å². The van der Waals surface area contributed by atoms with Crippen molar-refractivity contribution in [2.45, 2.75) is 13.8 Å². The van der Waals surface area contributed by atoms with E-state index in [-0.39, 0.29) is 11.1 Å². The average Bonchev–Trinajstić information content (AvgIpc) is 2.50. The molecule has 1 aromatic carbocycles. The van der Waals surface area contributed by atoms with Crippen LogP contribution in [0.4, 0.5) is 11.5 Å². The van der Waals surface area contributed by atoms with Crippen molar-refractivity contribution in [1.29, 1.82) is 0 Å². The van der Waals surface area contributed by atoms with E-state index in [1.807, 2.05) is 13.0 Å². The zero-order chi connectivity index (χ0) is 17.1. The Morgan fingerprint density at radius 3 is 2.57 bits per heavy atom. The Bertz CT molecular complexity index is 815. The number of aromatic nitrogens is 1. The molecule has 0 unspecified atom stereocenters. The number of pyridine rings is 1. The van der Waals surface area contributed by atoms with Crippen LogP contribution in [-0.2, 0) is 11.9 Å². The predicted octanol–water partition coefficient (Wildman–Crippen LogP) is 2.69. The van der Waals surface area contributed by atoms with Crippen molar-refractivity contribution in [3.8, 4) is 0 Å². The van der Waals surface area contributed by atoms with Crippen LogP contribution in [0.3, 0.4) is 0 Å². The van der Waals surface area contributed by atoms with Gasteiger partial charge < -0.3 is 5.32 Å². The molecule has 2 rings (SSSR count). The molecule has 1 heterocycles. The highest BCUT2D eigenvalue weighted by molar-refractivity contribution is 6.33. The number of aryl methyl sites for hydroxylation is 2. The third kappa shape index (κ3) is 3.55. The van der Waals surface area contributed by atoms with Gasteiger partial charge in [0.2, 0.25) is 0 Å². The Balaban J connectivity index is 2.57. The summed E-state index contributed by atoms with van der Waals surface area (Å²) in [5.41, 5.74) is 4.40. The van der Waals surface area contributed by atoms with E-state index in [2.05, 4.69) is 15.6 Å². The van der Waals surface area contributed by atoms with Crippen molar-refractivity contribution in [3.05, 3.63) is 56.3 Å². The first-order valence-electron chi connectivity index (χ1n) is 6.92. The molecule has 7 heteroatoms. The summed E-state index contributed by atoms with van der Waals surface area (Å²) >= 11 is 6.22. The fourth-order valence-corrected chi connectivity index (χ4v) is 2.50. The first-order chi connectivity index (χ1) is 10.8. The summed E-state index contributed by atoms with van der Waals surface area (Å²) in [6.07, 6.45) is 0. The van der Waals surface area contributed by atoms with Crippen LogP contribution in [-0.4, -0.2) is 17.6 Å². The van der Waals surface area contributed by atoms with E-state index >= 15 is 0 Å². The van der Waals surface area contributed by atoms with Gasteiger partial charge in [-0.2, -0.15) is 0 Å². The van der Waals surface area contributed by atoms with Crippen molar-refractivity contribution >= 4 is 29.0 Å². The molecule has 0 aliphatic carbocycles. The van der Waals surface area contributed by atoms with E-state index in [4.69, 9.17) is 11.6 Å². The number of hydrogen-bond donors (Lipinski definition) is 2. The summed E-state index contributed by atoms with van der Waals surface area (Å²) in [5.74, 6) is -0.127. The second-order valence-electron chi connectivity index (χ2n) is 5.20. The number of amides is 1. The molecular formula is C16H18ClN3O3. The smallest absolute Gasteiger partial charge is 0.278 e. The van der Waals surface area contributed by atoms with Crippen LogP contribution >= 0.6 is 11.6 Å². The summed E-state index contributed by atoms with van der Waals surface area (Å²) in [7, 11) is 2.93. The molecule has 0 aliphatic heterocycles. The minimum Gasteiger partial charge on any atom is -0.340 e. The fraction of sp³-hybridized carbons (Fsp3) is 0.250. The lowest BCUT2D eigenvalue weighted by molar-refractivity contribution is 0.0538. The van der Waals surface area contributed by atoms with E-state index in [1.54, 1.807) is 26.1 Å². The molecule has 0 saturated carbocycles. The SMILES string of the molecule is CONC(=O)c1cc(C)c(=O)n(C)c1Nc1ccc(C)cc1Cl. The summed E-state index contributed by atoms with van der Waals surface area (Å²) in [6.45, 7) is 3.57. The van der Waals surface area contributed by atoms with Gasteiger partial charge in [0.1, 0.15) is 5.82 Å². The summed E-state index contributed by atoms with van der Waals surface area (Å²) < 4.78 is 1.37. The monoisotopic (exact) mass is 335 g/mol. The molecule has 0 radical (unpaired) electrons. The zero-order valence-electron chi connectivity index (χ0n) is 13.4. The second kappa shape index (κ2) is 6.85. The van der Waals surface area contributed by atoms with Crippen molar-refractivity contribution in [3.63, 3.8) is 0 Å². The van der Waals surface area contributed by atoms with Gasteiger partial charge in [-0.1, -0.05) is 17.7 Å². The number of nitrogens with zero attached hydrogens (tertiary/aromatic N) is 1. The lowest BCUT2D eigenvalue weighted by atomic mass is 10.1. The molecule has 1 aromatic heterocycles. The molecule has 0 atom stereocenters. The van der Waals surface area contributed by atoms with E-state index in [0.29, 0.717) is 22.1 Å². The Kier molecular flexibility index (Phi) is 5.08. The zero-order valence-corrected chi connectivity index (χ0v) is 14.1. The number of nitrogens with one attached hydrogen (secondary N) is 2. The molecule has 122 valence electrons. The highest BCUT2D eigenvalue weighted by atomic mass is 35.5. The summed E-state index contributed by atoms with van der Waals surface area (Å²) in [4.78, 5) is 29.0. The lowest BCUT2D eigenvalue weighted by Gasteiger charge is -2.17. The number of carbonyl (C=O) groups excluding carboxylic acids is 1. The van der Waals surface area contributed by atoms with Gasteiger partial charge in [0.25, 0.3) is 11.5 Å². The predicted molar refractivity (Wildman–Crippen MR) is 90.4 cm³/mol. The summed E-state index contributed by atoms with van der Waals surface area (Å²) in [5, 5.41) is 3.55. The van der Waals surface area contributed by atoms with Crippen LogP contribution in [0.5, 0.6) is 0 Å². The maximum atomic E-state index is 12.2. The van der Waals surface area contributed by atoms with Gasteiger partial charge in [-0.3, -0.25) is 19.0 Å². The van der Waals surface area contributed by atoms with Crippen LogP contribution < -0.4 is 16.4 Å². The molecule has 1 amide bonds. The first-order valence-corrected chi connectivity index (χ1v) is 7.30. The standard InChI is InChI=1S/C16H18ClN3O3/c1-9-5-6-13(12(17)7-9)18-14-11(15(21)19-23-4)8-10(2)16(22)20(14)3/h5-8,18H,1-4H3,(H,19,21). The van der Waals surface area contributed by atoms with Gasteiger partial charge in [0.05, 0.1) is 23.4 Å². The van der Waals surface area contributed by atoms with Crippen molar-refractivity contribution in [2.24, 2.45) is 7.05 Å². The third-order valence-corrected chi connectivity index (χ3v) is 3.72. The van der Waals surface area contributed by atoms with Gasteiger partial charge in [-0.05, 0) is 37.6 Å². The minimum absolute atomic E-state index is 0.204. The van der Waals surface area contributed by atoms with Crippen LogP contribution in [0, 0.1) is 13.8 Å². The van der Waals surface area contributed by atoms with E-state index in [0.717, 1.165) is 5.56 Å². The maximum Gasteiger partial charge on any atom is 0.278 e. The Hall–Kier alpha value is -2.31. The van der Waals surface area contributed by atoms with E-state index in [9.17, 15) is 9.59 Å². The van der Waals surface area contributed by atoms with Gasteiger partial charge in [0.15, 0.2) is 0 Å². The normalized spacial score (nSPS) is 10.5. The van der Waals surface area contributed by atoms with E-state index < -0.39 is 5.91 Å². The first kappa shape index (κ1) is 17.1. The topological polar surface area (TPSA) is 72.4 Å². The molecule has 0 aliphatic rings. The second-order valence-corrected chi connectivity index (χ2v) is 5.60. The Morgan fingerprint density at radius 2 is 1.96 bits per heavy atom. The average molecular weight is 336 g/mol. The molecule has 2 N–H and O–H groups in total. The van der Waals surface area contributed by atoms with Crippen LogP contribution in [0.2, 0.25) is 5.02 Å². The summed E-state index contributed by atoms with van der Waals surface area (Å²) in [6, 6.07) is 6.99.